The Morgan fingerprint density at radius 1 is 1.30 bits per heavy atom. The molecule has 126 valence electrons. The summed E-state index contributed by atoms with van der Waals surface area (Å²) < 4.78 is 18.1. The Bertz CT molecular complexity index is 568. The fraction of sp³-hybridized carbons (Fsp3) is 0.400. The number of hydrogen-bond donors (Lipinski definition) is 2. The number of carbonyl (C=O) groups is 3. The van der Waals surface area contributed by atoms with Gasteiger partial charge in [-0.2, -0.15) is 11.8 Å². The molecule has 8 heteroatoms. The molecule has 1 aromatic carbocycles. The van der Waals surface area contributed by atoms with Crippen molar-refractivity contribution in [2.45, 2.75) is 12.5 Å². The second kappa shape index (κ2) is 9.83. The Labute approximate surface area is 138 Å². The molecule has 0 aliphatic rings. The quantitative estimate of drug-likeness (QED) is 0.688. The van der Waals surface area contributed by atoms with Gasteiger partial charge >= 0.3 is 5.97 Å². The summed E-state index contributed by atoms with van der Waals surface area (Å²) in [4.78, 5) is 35.2. The van der Waals surface area contributed by atoms with Crippen molar-refractivity contribution in [3.8, 4) is 0 Å². The third-order valence-electron chi connectivity index (χ3n) is 2.96. The SMILES string of the molecule is COC(=O)[C@@H](CCSC)NC(=O)CNC(=O)c1ccccc1F. The van der Waals surface area contributed by atoms with Crippen LogP contribution in [0.1, 0.15) is 16.8 Å². The second-order valence-corrected chi connectivity index (χ2v) is 5.57. The summed E-state index contributed by atoms with van der Waals surface area (Å²) >= 11 is 1.53. The Morgan fingerprint density at radius 2 is 2.00 bits per heavy atom. The van der Waals surface area contributed by atoms with Crippen LogP contribution in [-0.2, 0) is 14.3 Å². The number of methoxy groups -OCH3 is 1. The molecule has 0 fully saturated rings. The van der Waals surface area contributed by atoms with Crippen molar-refractivity contribution in [1.82, 2.24) is 10.6 Å². The fourth-order valence-electron chi connectivity index (χ4n) is 1.77. The lowest BCUT2D eigenvalue weighted by Gasteiger charge is -2.16. The Hall–Kier alpha value is -2.09. The van der Waals surface area contributed by atoms with E-state index in [-0.39, 0.29) is 12.1 Å². The van der Waals surface area contributed by atoms with E-state index in [1.807, 2.05) is 6.26 Å². The average Bonchev–Trinajstić information content (AvgIpc) is 2.56. The van der Waals surface area contributed by atoms with Crippen LogP contribution in [0.3, 0.4) is 0 Å². The summed E-state index contributed by atoms with van der Waals surface area (Å²) in [5, 5.41) is 4.80. The molecule has 1 atom stereocenters. The lowest BCUT2D eigenvalue weighted by atomic mass is 10.2. The third-order valence-corrected chi connectivity index (χ3v) is 3.60. The number of benzene rings is 1. The number of nitrogens with one attached hydrogen (secondary N) is 2. The monoisotopic (exact) mass is 342 g/mol. The standard InChI is InChI=1S/C15H19FN2O4S/c1-22-15(21)12(7-8-23-2)18-13(19)9-17-14(20)10-5-3-4-6-11(10)16/h3-6,12H,7-9H2,1-2H3,(H,17,20)(H,18,19)/t12-/m1/s1. The molecule has 0 spiro atoms. The highest BCUT2D eigenvalue weighted by Gasteiger charge is 2.21. The minimum atomic E-state index is -0.773. The first-order valence-corrected chi connectivity index (χ1v) is 8.27. The zero-order chi connectivity index (χ0) is 17.2. The second-order valence-electron chi connectivity index (χ2n) is 4.59. The summed E-state index contributed by atoms with van der Waals surface area (Å²) in [6.45, 7) is -0.361. The Kier molecular flexibility index (Phi) is 8.10. The average molecular weight is 342 g/mol. The topological polar surface area (TPSA) is 84.5 Å². The minimum absolute atomic E-state index is 0.146. The molecule has 6 nitrogen and oxygen atoms in total. The van der Waals surface area contributed by atoms with Crippen LogP contribution in [0.15, 0.2) is 24.3 Å². The van der Waals surface area contributed by atoms with Crippen LogP contribution in [0.4, 0.5) is 4.39 Å². The molecule has 23 heavy (non-hydrogen) atoms. The maximum absolute atomic E-state index is 13.4. The number of carbonyl (C=O) groups excluding carboxylic acids is 3. The highest BCUT2D eigenvalue weighted by atomic mass is 32.2. The zero-order valence-electron chi connectivity index (χ0n) is 12.9. The van der Waals surface area contributed by atoms with Gasteiger partial charge in [0.1, 0.15) is 11.9 Å². The van der Waals surface area contributed by atoms with Crippen molar-refractivity contribution in [3.63, 3.8) is 0 Å². The molecule has 0 unspecified atom stereocenters. The van der Waals surface area contributed by atoms with E-state index in [2.05, 4.69) is 15.4 Å². The lowest BCUT2D eigenvalue weighted by molar-refractivity contribution is -0.145. The number of hydrogen-bond acceptors (Lipinski definition) is 5. The molecule has 0 aliphatic heterocycles. The van der Waals surface area contributed by atoms with Crippen molar-refractivity contribution in [1.29, 1.82) is 0 Å². The maximum Gasteiger partial charge on any atom is 0.328 e. The Balaban J connectivity index is 2.53. The molecule has 0 bridgehead atoms. The molecule has 0 heterocycles. The van der Waals surface area contributed by atoms with Crippen LogP contribution in [0, 0.1) is 5.82 Å². The molecule has 0 radical (unpaired) electrons. The van der Waals surface area contributed by atoms with Gasteiger partial charge in [-0.1, -0.05) is 12.1 Å². The predicted octanol–water partition coefficient (Wildman–Crippen LogP) is 0.966. The molecular formula is C15H19FN2O4S. The van der Waals surface area contributed by atoms with E-state index < -0.39 is 29.6 Å². The molecular weight excluding hydrogens is 323 g/mol. The van der Waals surface area contributed by atoms with Crippen molar-refractivity contribution in [2.24, 2.45) is 0 Å². The molecule has 2 N–H and O–H groups in total. The third kappa shape index (κ3) is 6.27. The maximum atomic E-state index is 13.4. The van der Waals surface area contributed by atoms with Crippen molar-refractivity contribution in [3.05, 3.63) is 35.6 Å². The number of halogens is 1. The zero-order valence-corrected chi connectivity index (χ0v) is 13.7. The highest BCUT2D eigenvalue weighted by molar-refractivity contribution is 7.98. The first-order valence-electron chi connectivity index (χ1n) is 6.88. The normalized spacial score (nSPS) is 11.4. The van der Waals surface area contributed by atoms with E-state index >= 15 is 0 Å². The van der Waals surface area contributed by atoms with Gasteiger partial charge in [-0.25, -0.2) is 9.18 Å². The smallest absolute Gasteiger partial charge is 0.328 e. The van der Waals surface area contributed by atoms with Gasteiger partial charge in [0.2, 0.25) is 5.91 Å². The van der Waals surface area contributed by atoms with E-state index in [9.17, 15) is 18.8 Å². The number of amides is 2. The number of thioether (sulfide) groups is 1. The lowest BCUT2D eigenvalue weighted by Crippen LogP contribution is -2.46. The number of rotatable bonds is 8. The van der Waals surface area contributed by atoms with Gasteiger partial charge in [0, 0.05) is 0 Å². The van der Waals surface area contributed by atoms with Gasteiger partial charge in [0.15, 0.2) is 0 Å². The van der Waals surface area contributed by atoms with E-state index in [0.717, 1.165) is 6.07 Å². The van der Waals surface area contributed by atoms with Gasteiger partial charge in [0.05, 0.1) is 19.2 Å². The molecule has 2 amide bonds. The van der Waals surface area contributed by atoms with Crippen molar-refractivity contribution in [2.75, 3.05) is 25.7 Å². The van der Waals surface area contributed by atoms with Gasteiger partial charge in [-0.15, -0.1) is 0 Å². The number of ether oxygens (including phenoxy) is 1. The van der Waals surface area contributed by atoms with Crippen LogP contribution in [0.5, 0.6) is 0 Å². The number of esters is 1. The molecule has 0 saturated carbocycles. The first-order chi connectivity index (χ1) is 11.0. The molecule has 1 rings (SSSR count). The molecule has 0 saturated heterocycles. The van der Waals surface area contributed by atoms with Gasteiger partial charge in [-0.05, 0) is 30.6 Å². The summed E-state index contributed by atoms with van der Waals surface area (Å²) in [5.74, 6) is -1.80. The largest absolute Gasteiger partial charge is 0.467 e. The molecule has 1 aromatic rings. The fourth-order valence-corrected chi connectivity index (χ4v) is 2.24. The van der Waals surface area contributed by atoms with Crippen LogP contribution in [0.25, 0.3) is 0 Å². The summed E-state index contributed by atoms with van der Waals surface area (Å²) in [6.07, 6.45) is 2.30. The van der Waals surface area contributed by atoms with Gasteiger partial charge < -0.3 is 15.4 Å². The van der Waals surface area contributed by atoms with Crippen molar-refractivity contribution >= 4 is 29.5 Å². The highest BCUT2D eigenvalue weighted by Crippen LogP contribution is 2.05. The van der Waals surface area contributed by atoms with Crippen LogP contribution < -0.4 is 10.6 Å². The van der Waals surface area contributed by atoms with Crippen molar-refractivity contribution < 1.29 is 23.5 Å². The predicted molar refractivity (Wildman–Crippen MR) is 85.7 cm³/mol. The summed E-state index contributed by atoms with van der Waals surface area (Å²) in [5.41, 5.74) is -0.146. The first kappa shape index (κ1) is 19.0. The van der Waals surface area contributed by atoms with E-state index in [1.165, 1.54) is 37.1 Å². The van der Waals surface area contributed by atoms with Crippen LogP contribution in [0.2, 0.25) is 0 Å². The minimum Gasteiger partial charge on any atom is -0.467 e. The summed E-state index contributed by atoms with van der Waals surface area (Å²) in [6, 6.07) is 4.69. The van der Waals surface area contributed by atoms with E-state index in [4.69, 9.17) is 0 Å². The van der Waals surface area contributed by atoms with Crippen LogP contribution >= 0.6 is 11.8 Å². The van der Waals surface area contributed by atoms with E-state index in [1.54, 1.807) is 0 Å². The molecule has 0 aliphatic carbocycles. The van der Waals surface area contributed by atoms with E-state index in [0.29, 0.717) is 12.2 Å². The van der Waals surface area contributed by atoms with Gasteiger partial charge in [0.25, 0.3) is 5.91 Å². The Morgan fingerprint density at radius 3 is 2.61 bits per heavy atom. The molecule has 0 aromatic heterocycles. The summed E-state index contributed by atoms with van der Waals surface area (Å²) in [7, 11) is 1.24. The van der Waals surface area contributed by atoms with Crippen LogP contribution in [-0.4, -0.2) is 49.5 Å². The van der Waals surface area contributed by atoms with Gasteiger partial charge in [-0.3, -0.25) is 9.59 Å².